The van der Waals surface area contributed by atoms with Gasteiger partial charge in [-0.1, -0.05) is 12.1 Å². The Balaban J connectivity index is 2.14. The van der Waals surface area contributed by atoms with Crippen molar-refractivity contribution in [1.29, 1.82) is 0 Å². The van der Waals surface area contributed by atoms with Crippen LogP contribution in [0.3, 0.4) is 0 Å². The molecule has 2 unspecified atom stereocenters. The molecule has 2 atom stereocenters. The number of hydrogen-bond acceptors (Lipinski definition) is 7. The van der Waals surface area contributed by atoms with E-state index < -0.39 is 32.2 Å². The lowest BCUT2D eigenvalue weighted by Crippen LogP contribution is -2.48. The van der Waals surface area contributed by atoms with Crippen LogP contribution in [0.15, 0.2) is 36.4 Å². The number of methoxy groups -OCH3 is 1. The number of hydrogen-bond donors (Lipinski definition) is 1. The molecule has 0 radical (unpaired) electrons. The van der Waals surface area contributed by atoms with Crippen molar-refractivity contribution in [3.8, 4) is 11.5 Å². The van der Waals surface area contributed by atoms with E-state index in [0.717, 1.165) is 6.26 Å². The molecule has 1 N–H and O–H groups in total. The summed E-state index contributed by atoms with van der Waals surface area (Å²) in [7, 11) is -2.17. The largest absolute Gasteiger partial charge is 0.624 e. The maximum absolute atomic E-state index is 14.1. The predicted octanol–water partition coefficient (Wildman–Crippen LogP) is 2.81. The van der Waals surface area contributed by atoms with Crippen LogP contribution < -0.4 is 14.8 Å². The highest BCUT2D eigenvalue weighted by atomic mass is 32.2. The molecule has 0 saturated carbocycles. The van der Waals surface area contributed by atoms with Crippen LogP contribution in [0.1, 0.15) is 41.4 Å². The first-order valence-electron chi connectivity index (χ1n) is 10.0. The fourth-order valence-corrected chi connectivity index (χ4v) is 4.96. The van der Waals surface area contributed by atoms with Gasteiger partial charge in [0.25, 0.3) is 0 Å². The first-order valence-corrected chi connectivity index (χ1v) is 12.1. The van der Waals surface area contributed by atoms with E-state index in [9.17, 15) is 23.2 Å². The Labute approximate surface area is 187 Å². The second-order valence-corrected chi connectivity index (χ2v) is 9.92. The summed E-state index contributed by atoms with van der Waals surface area (Å²) in [5, 5.41) is 16.6. The van der Waals surface area contributed by atoms with Crippen LogP contribution >= 0.6 is 0 Å². The average Bonchev–Trinajstić information content (AvgIpc) is 2.97. The molecule has 0 fully saturated rings. The molecule has 32 heavy (non-hydrogen) atoms. The summed E-state index contributed by atoms with van der Waals surface area (Å²) in [5.41, 5.74) is 1.14. The molecule has 1 aliphatic rings. The number of nitrogens with zero attached hydrogens (tertiary/aromatic N) is 1. The van der Waals surface area contributed by atoms with Gasteiger partial charge in [0.05, 0.1) is 19.4 Å². The summed E-state index contributed by atoms with van der Waals surface area (Å²) in [6, 6.07) is 8.27. The van der Waals surface area contributed by atoms with Gasteiger partial charge in [-0.25, -0.2) is 13.2 Å². The molecule has 2 aromatic carbocycles. The number of anilines is 1. The number of benzene rings is 2. The van der Waals surface area contributed by atoms with E-state index >= 15 is 0 Å². The fraction of sp³-hybridized carbons (Fsp3) is 0.364. The van der Waals surface area contributed by atoms with Crippen LogP contribution in [-0.2, 0) is 21.2 Å². The normalized spacial score (nSPS) is 18.7. The first-order chi connectivity index (χ1) is 15.0. The van der Waals surface area contributed by atoms with Crippen molar-refractivity contribution in [2.24, 2.45) is 0 Å². The van der Waals surface area contributed by atoms with Gasteiger partial charge in [0.1, 0.15) is 23.9 Å². The van der Waals surface area contributed by atoms with Gasteiger partial charge in [-0.15, -0.1) is 0 Å². The smallest absolute Gasteiger partial charge is 0.349 e. The van der Waals surface area contributed by atoms with E-state index in [4.69, 9.17) is 9.47 Å². The van der Waals surface area contributed by atoms with Crippen molar-refractivity contribution in [1.82, 2.24) is 0 Å². The maximum atomic E-state index is 14.1. The van der Waals surface area contributed by atoms with E-state index in [1.165, 1.54) is 14.0 Å². The zero-order valence-corrected chi connectivity index (χ0v) is 19.2. The third-order valence-electron chi connectivity index (χ3n) is 5.26. The number of hydroxylamine groups is 3. The van der Waals surface area contributed by atoms with Crippen LogP contribution in [0.5, 0.6) is 11.5 Å². The molecule has 2 aromatic rings. The Hall–Kier alpha value is -2.95. The molecular formula is C22H26N2O7S. The van der Waals surface area contributed by atoms with Crippen LogP contribution in [-0.4, -0.2) is 50.6 Å². The van der Waals surface area contributed by atoms with Crippen LogP contribution in [0.25, 0.3) is 0 Å². The zero-order valence-electron chi connectivity index (χ0n) is 18.4. The molecule has 0 saturated heterocycles. The van der Waals surface area contributed by atoms with Gasteiger partial charge in [-0.3, -0.25) is 9.44 Å². The van der Waals surface area contributed by atoms with Crippen LogP contribution in [0.4, 0.5) is 5.69 Å². The van der Waals surface area contributed by atoms with Gasteiger partial charge in [-0.2, -0.15) is 0 Å². The topological polar surface area (TPSA) is 122 Å². The summed E-state index contributed by atoms with van der Waals surface area (Å²) >= 11 is 0. The molecular weight excluding hydrogens is 436 g/mol. The van der Waals surface area contributed by atoms with E-state index in [1.807, 2.05) is 0 Å². The highest BCUT2D eigenvalue weighted by Gasteiger charge is 2.47. The van der Waals surface area contributed by atoms with Crippen molar-refractivity contribution >= 4 is 27.3 Å². The van der Waals surface area contributed by atoms with Gasteiger partial charge in [-0.05, 0) is 31.2 Å². The Morgan fingerprint density at radius 3 is 2.56 bits per heavy atom. The molecule has 10 heteroatoms. The van der Waals surface area contributed by atoms with Gasteiger partial charge in [0, 0.05) is 24.3 Å². The first kappa shape index (κ1) is 23.7. The number of rotatable bonds is 8. The third kappa shape index (κ3) is 4.62. The molecule has 0 spiro atoms. The molecule has 1 heterocycles. The standard InChI is InChI=1S/C22H26N2O7S/c1-5-31-20-11-15(9-10-19(20)30-3)18(13-32(4,28)29)24(27)12-16-7-6-8-17(23-14(2)25)21(16)22(24)26/h6-11,18H,5,12-13H2,1-4H3,(H,23,25). The lowest BCUT2D eigenvalue weighted by molar-refractivity contribution is -0.837. The van der Waals surface area contributed by atoms with Gasteiger partial charge < -0.3 is 20.0 Å². The van der Waals surface area contributed by atoms with Gasteiger partial charge >= 0.3 is 5.91 Å². The number of amides is 2. The Morgan fingerprint density at radius 2 is 1.97 bits per heavy atom. The van der Waals surface area contributed by atoms with E-state index in [2.05, 4.69) is 5.32 Å². The number of sulfone groups is 1. The molecule has 172 valence electrons. The second kappa shape index (κ2) is 8.89. The molecule has 2 amide bonds. The predicted molar refractivity (Wildman–Crippen MR) is 119 cm³/mol. The van der Waals surface area contributed by atoms with Crippen molar-refractivity contribution in [2.45, 2.75) is 26.4 Å². The zero-order chi connectivity index (χ0) is 23.7. The molecule has 3 rings (SSSR count). The second-order valence-electron chi connectivity index (χ2n) is 7.73. The third-order valence-corrected chi connectivity index (χ3v) is 6.18. The van der Waals surface area contributed by atoms with Gasteiger partial charge in [0.15, 0.2) is 21.3 Å². The summed E-state index contributed by atoms with van der Waals surface area (Å²) in [6.07, 6.45) is 1.02. The van der Waals surface area contributed by atoms with Gasteiger partial charge in [0.2, 0.25) is 5.91 Å². The molecule has 0 aromatic heterocycles. The fourth-order valence-electron chi connectivity index (χ4n) is 3.96. The monoisotopic (exact) mass is 462 g/mol. The molecule has 0 aliphatic carbocycles. The van der Waals surface area contributed by atoms with Crippen molar-refractivity contribution in [3.63, 3.8) is 0 Å². The van der Waals surface area contributed by atoms with Crippen molar-refractivity contribution in [3.05, 3.63) is 58.3 Å². The summed E-state index contributed by atoms with van der Waals surface area (Å²) < 4.78 is 34.0. The number of quaternary nitrogens is 1. The minimum Gasteiger partial charge on any atom is -0.624 e. The minimum atomic E-state index is -3.64. The summed E-state index contributed by atoms with van der Waals surface area (Å²) in [5.74, 6) is -0.947. The maximum Gasteiger partial charge on any atom is 0.349 e. The molecule has 9 nitrogen and oxygen atoms in total. The van der Waals surface area contributed by atoms with Crippen molar-refractivity contribution in [2.75, 3.05) is 31.0 Å². The van der Waals surface area contributed by atoms with Crippen LogP contribution in [0.2, 0.25) is 0 Å². The Bertz CT molecular complexity index is 1160. The summed E-state index contributed by atoms with van der Waals surface area (Å²) in [6.45, 7) is 3.17. The SMILES string of the molecule is CCOc1cc(C(CS(C)(=O)=O)[N+]2([O-])Cc3cccc(NC(C)=O)c3C2=O)ccc1OC. The number of fused-ring (bicyclic) bond motifs is 1. The Morgan fingerprint density at radius 1 is 1.25 bits per heavy atom. The quantitative estimate of drug-likeness (QED) is 0.473. The minimum absolute atomic E-state index is 0.106. The van der Waals surface area contributed by atoms with E-state index in [0.29, 0.717) is 29.2 Å². The number of ether oxygens (including phenoxy) is 2. The Kier molecular flexibility index (Phi) is 6.59. The summed E-state index contributed by atoms with van der Waals surface area (Å²) in [4.78, 5) is 25.0. The highest BCUT2D eigenvalue weighted by Crippen LogP contribution is 2.43. The molecule has 0 bridgehead atoms. The molecule has 1 aliphatic heterocycles. The average molecular weight is 463 g/mol. The van der Waals surface area contributed by atoms with E-state index in [-0.39, 0.29) is 23.7 Å². The number of carbonyl (C=O) groups excluding carboxylic acids is 2. The highest BCUT2D eigenvalue weighted by molar-refractivity contribution is 7.90. The lowest BCUT2D eigenvalue weighted by Gasteiger charge is -2.42. The number of nitrogens with one attached hydrogen (secondary N) is 1. The van der Waals surface area contributed by atoms with Crippen LogP contribution in [0, 0.1) is 5.21 Å². The number of carbonyl (C=O) groups is 2. The van der Waals surface area contributed by atoms with Crippen molar-refractivity contribution < 1.29 is 32.1 Å². The lowest BCUT2D eigenvalue weighted by atomic mass is 10.1. The van der Waals surface area contributed by atoms with E-state index in [1.54, 1.807) is 43.3 Å².